The molecule has 0 fully saturated rings. The number of carbonyl (C=O) groups is 4. The molecule has 33 heavy (non-hydrogen) atoms. The summed E-state index contributed by atoms with van der Waals surface area (Å²) >= 11 is 6.92. The number of ether oxygens (including phenoxy) is 2. The number of thiophene rings is 1. The third kappa shape index (κ3) is 6.77. The number of benzene rings is 1. The molecule has 0 saturated heterocycles. The second-order valence-electron chi connectivity index (χ2n) is 7.10. The van der Waals surface area contributed by atoms with Crippen LogP contribution in [0.3, 0.4) is 0 Å². The summed E-state index contributed by atoms with van der Waals surface area (Å²) in [7, 11) is 2.44. The lowest BCUT2D eigenvalue weighted by Gasteiger charge is -2.19. The molecular weight excluding hydrogens is 470 g/mol. The topological polar surface area (TPSA) is 114 Å². The molecule has 2 amide bonds. The number of nitrogens with zero attached hydrogens (tertiary/aromatic N) is 1. The summed E-state index contributed by atoms with van der Waals surface area (Å²) in [5.74, 6) is -2.05. The molecule has 178 valence electrons. The Bertz CT molecular complexity index is 1070. The standard InChI is InChI=1S/C22H26ClN3O6S/c1-6-26(10-16(27)24-15-9-14(23)8-7-12(15)2)11-17(28)25-20-18(21(29)31-4)13(3)19(33-20)22(30)32-5/h7-9H,6,10-11H2,1-5H3,(H,24,27)(H,25,28). The van der Waals surface area contributed by atoms with Crippen LogP contribution in [0.2, 0.25) is 5.02 Å². The summed E-state index contributed by atoms with van der Waals surface area (Å²) in [6, 6.07) is 5.19. The van der Waals surface area contributed by atoms with Crippen LogP contribution in [0.5, 0.6) is 0 Å². The third-order valence-corrected chi connectivity index (χ3v) is 6.24. The van der Waals surface area contributed by atoms with E-state index in [2.05, 4.69) is 10.6 Å². The van der Waals surface area contributed by atoms with Crippen LogP contribution in [0.1, 0.15) is 38.1 Å². The molecule has 0 atom stereocenters. The number of halogens is 1. The highest BCUT2D eigenvalue weighted by molar-refractivity contribution is 7.18. The van der Waals surface area contributed by atoms with Gasteiger partial charge in [-0.1, -0.05) is 24.6 Å². The van der Waals surface area contributed by atoms with Crippen LogP contribution in [-0.2, 0) is 19.1 Å². The molecule has 1 aromatic heterocycles. The van der Waals surface area contributed by atoms with Crippen LogP contribution in [0.25, 0.3) is 0 Å². The normalized spacial score (nSPS) is 10.6. The van der Waals surface area contributed by atoms with Gasteiger partial charge in [0.15, 0.2) is 0 Å². The van der Waals surface area contributed by atoms with Crippen LogP contribution in [0.15, 0.2) is 18.2 Å². The first-order valence-corrected chi connectivity index (χ1v) is 11.2. The van der Waals surface area contributed by atoms with Gasteiger partial charge in [0.25, 0.3) is 0 Å². The quantitative estimate of drug-likeness (QED) is 0.512. The van der Waals surface area contributed by atoms with E-state index >= 15 is 0 Å². The van der Waals surface area contributed by atoms with E-state index in [9.17, 15) is 19.2 Å². The summed E-state index contributed by atoms with van der Waals surface area (Å²) < 4.78 is 9.53. The lowest BCUT2D eigenvalue weighted by Crippen LogP contribution is -2.38. The molecule has 0 saturated carbocycles. The molecule has 2 rings (SSSR count). The SMILES string of the molecule is CCN(CC(=O)Nc1cc(Cl)ccc1C)CC(=O)Nc1sc(C(=O)OC)c(C)c1C(=O)OC. The Labute approximate surface area is 201 Å². The number of amides is 2. The van der Waals surface area contributed by atoms with Crippen molar-refractivity contribution < 1.29 is 28.7 Å². The number of likely N-dealkylation sites (N-methyl/N-ethyl adjacent to an activating group) is 1. The van der Waals surface area contributed by atoms with E-state index < -0.39 is 17.8 Å². The molecule has 2 aromatic rings. The Kier molecular flexibility index (Phi) is 9.39. The maximum atomic E-state index is 12.7. The summed E-state index contributed by atoms with van der Waals surface area (Å²) in [5, 5.41) is 6.13. The number of esters is 2. The molecule has 2 N–H and O–H groups in total. The molecular formula is C22H26ClN3O6S. The van der Waals surface area contributed by atoms with E-state index in [0.29, 0.717) is 22.8 Å². The van der Waals surface area contributed by atoms with Gasteiger partial charge in [-0.2, -0.15) is 0 Å². The lowest BCUT2D eigenvalue weighted by atomic mass is 10.1. The minimum absolute atomic E-state index is 0.0311. The van der Waals surface area contributed by atoms with Crippen molar-refractivity contribution in [2.75, 3.05) is 44.5 Å². The van der Waals surface area contributed by atoms with Crippen LogP contribution in [0, 0.1) is 13.8 Å². The highest BCUT2D eigenvalue weighted by Gasteiger charge is 2.27. The van der Waals surface area contributed by atoms with Gasteiger partial charge in [-0.3, -0.25) is 14.5 Å². The van der Waals surface area contributed by atoms with E-state index in [0.717, 1.165) is 16.9 Å². The summed E-state index contributed by atoms with van der Waals surface area (Å²) in [6.07, 6.45) is 0. The monoisotopic (exact) mass is 495 g/mol. The van der Waals surface area contributed by atoms with Gasteiger partial charge in [-0.05, 0) is 43.7 Å². The molecule has 0 bridgehead atoms. The van der Waals surface area contributed by atoms with Gasteiger partial charge in [0.2, 0.25) is 11.8 Å². The fourth-order valence-corrected chi connectivity index (χ4v) is 4.31. The Morgan fingerprint density at radius 2 is 1.61 bits per heavy atom. The van der Waals surface area contributed by atoms with Gasteiger partial charge in [-0.15, -0.1) is 11.3 Å². The molecule has 0 aliphatic carbocycles. The highest BCUT2D eigenvalue weighted by atomic mass is 35.5. The van der Waals surface area contributed by atoms with E-state index in [1.54, 1.807) is 30.0 Å². The van der Waals surface area contributed by atoms with E-state index in [4.69, 9.17) is 21.1 Å². The third-order valence-electron chi connectivity index (χ3n) is 4.82. The van der Waals surface area contributed by atoms with Gasteiger partial charge in [0.1, 0.15) is 9.88 Å². The number of rotatable bonds is 9. The van der Waals surface area contributed by atoms with Crippen molar-refractivity contribution in [1.29, 1.82) is 0 Å². The zero-order valence-electron chi connectivity index (χ0n) is 19.0. The van der Waals surface area contributed by atoms with Gasteiger partial charge in [0, 0.05) is 10.7 Å². The van der Waals surface area contributed by atoms with Crippen molar-refractivity contribution in [3.05, 3.63) is 44.8 Å². The second-order valence-corrected chi connectivity index (χ2v) is 8.56. The lowest BCUT2D eigenvalue weighted by molar-refractivity contribution is -0.119. The largest absolute Gasteiger partial charge is 0.465 e. The number of hydrogen-bond donors (Lipinski definition) is 2. The fourth-order valence-electron chi connectivity index (χ4n) is 3.01. The summed E-state index contributed by atoms with van der Waals surface area (Å²) in [5.41, 5.74) is 1.91. The van der Waals surface area contributed by atoms with Crippen molar-refractivity contribution in [2.45, 2.75) is 20.8 Å². The zero-order chi connectivity index (χ0) is 24.7. The average molecular weight is 496 g/mol. The molecule has 0 unspecified atom stereocenters. The van der Waals surface area contributed by atoms with Crippen LogP contribution in [0.4, 0.5) is 10.7 Å². The Balaban J connectivity index is 2.10. The van der Waals surface area contributed by atoms with E-state index in [1.165, 1.54) is 14.2 Å². The number of aryl methyl sites for hydroxylation is 1. The number of carbonyl (C=O) groups excluding carboxylic acids is 4. The molecule has 0 aliphatic heterocycles. The van der Waals surface area contributed by atoms with Gasteiger partial charge in [-0.25, -0.2) is 9.59 Å². The number of anilines is 2. The fraction of sp³-hybridized carbons (Fsp3) is 0.364. The first-order chi connectivity index (χ1) is 15.6. The Hall–Kier alpha value is -2.95. The van der Waals surface area contributed by atoms with Crippen molar-refractivity contribution in [2.24, 2.45) is 0 Å². The maximum absolute atomic E-state index is 12.7. The zero-order valence-corrected chi connectivity index (χ0v) is 20.6. The molecule has 0 aliphatic rings. The average Bonchev–Trinajstić information content (AvgIpc) is 3.10. The van der Waals surface area contributed by atoms with Crippen LogP contribution >= 0.6 is 22.9 Å². The Morgan fingerprint density at radius 1 is 1.00 bits per heavy atom. The van der Waals surface area contributed by atoms with Crippen molar-refractivity contribution in [1.82, 2.24) is 4.90 Å². The second kappa shape index (κ2) is 11.8. The van der Waals surface area contributed by atoms with Crippen molar-refractivity contribution >= 4 is 57.4 Å². The minimum Gasteiger partial charge on any atom is -0.465 e. The summed E-state index contributed by atoms with van der Waals surface area (Å²) in [4.78, 5) is 51.2. The summed E-state index contributed by atoms with van der Waals surface area (Å²) in [6.45, 7) is 5.53. The molecule has 1 heterocycles. The number of methoxy groups -OCH3 is 2. The molecule has 11 heteroatoms. The van der Waals surface area contributed by atoms with Crippen LogP contribution < -0.4 is 10.6 Å². The van der Waals surface area contributed by atoms with Gasteiger partial charge < -0.3 is 20.1 Å². The molecule has 0 radical (unpaired) electrons. The predicted octanol–water partition coefficient (Wildman–Crippen LogP) is 3.49. The first-order valence-electron chi connectivity index (χ1n) is 9.99. The van der Waals surface area contributed by atoms with Crippen molar-refractivity contribution in [3.63, 3.8) is 0 Å². The van der Waals surface area contributed by atoms with Crippen LogP contribution in [-0.4, -0.2) is 62.5 Å². The smallest absolute Gasteiger partial charge is 0.348 e. The molecule has 1 aromatic carbocycles. The first kappa shape index (κ1) is 26.3. The van der Waals surface area contributed by atoms with Gasteiger partial charge in [0.05, 0.1) is 32.9 Å². The number of nitrogens with one attached hydrogen (secondary N) is 2. The minimum atomic E-state index is -0.683. The maximum Gasteiger partial charge on any atom is 0.348 e. The highest BCUT2D eigenvalue weighted by Crippen LogP contribution is 2.34. The van der Waals surface area contributed by atoms with E-state index in [-0.39, 0.29) is 34.4 Å². The number of hydrogen-bond acceptors (Lipinski definition) is 8. The predicted molar refractivity (Wildman–Crippen MR) is 127 cm³/mol. The Morgan fingerprint density at radius 3 is 2.18 bits per heavy atom. The van der Waals surface area contributed by atoms with Crippen molar-refractivity contribution in [3.8, 4) is 0 Å². The molecule has 0 spiro atoms. The van der Waals surface area contributed by atoms with Gasteiger partial charge >= 0.3 is 11.9 Å². The molecule has 9 nitrogen and oxygen atoms in total. The van der Waals surface area contributed by atoms with E-state index in [1.807, 2.05) is 13.8 Å².